The molecule has 0 saturated heterocycles. The van der Waals surface area contributed by atoms with Crippen LogP contribution < -0.4 is 0 Å². The van der Waals surface area contributed by atoms with Crippen molar-refractivity contribution in [2.75, 3.05) is 0 Å². The second-order valence-electron chi connectivity index (χ2n) is 6.29. The van der Waals surface area contributed by atoms with Gasteiger partial charge in [0.1, 0.15) is 0 Å². The summed E-state index contributed by atoms with van der Waals surface area (Å²) in [5.41, 5.74) is -1.43. The van der Waals surface area contributed by atoms with E-state index in [9.17, 15) is 14.7 Å². The molecule has 0 aromatic carbocycles. The van der Waals surface area contributed by atoms with Gasteiger partial charge in [-0.2, -0.15) is 0 Å². The largest absolute Gasteiger partial charge is 0.481 e. The molecule has 0 fully saturated rings. The van der Waals surface area contributed by atoms with Gasteiger partial charge in [0.2, 0.25) is 0 Å². The molecule has 106 valence electrons. The summed E-state index contributed by atoms with van der Waals surface area (Å²) >= 11 is 0. The van der Waals surface area contributed by atoms with Gasteiger partial charge in [0.15, 0.2) is 13.9 Å². The van der Waals surface area contributed by atoms with Gasteiger partial charge < -0.3 is 14.6 Å². The van der Waals surface area contributed by atoms with E-state index in [4.69, 9.17) is 9.53 Å². The van der Waals surface area contributed by atoms with E-state index < -0.39 is 25.9 Å². The smallest absolute Gasteiger partial charge is 0.334 e. The monoisotopic (exact) mass is 276 g/mol. The standard InChI is InChI=1S/C12H24O5Si/c1-11(2,3)18(5,6)17-12(4,10(15)16)8-7-9(13)14/h7-8H2,1-6H3,(H,13,14)(H,15,16)/t12-/m1/s1. The quantitative estimate of drug-likeness (QED) is 0.729. The molecule has 0 amide bonds. The summed E-state index contributed by atoms with van der Waals surface area (Å²) in [6.07, 6.45) is -0.235. The Morgan fingerprint density at radius 1 is 1.11 bits per heavy atom. The molecular formula is C12H24O5Si. The Kier molecular flexibility index (Phi) is 5.13. The molecule has 2 N–H and O–H groups in total. The topological polar surface area (TPSA) is 83.8 Å². The van der Waals surface area contributed by atoms with Crippen LogP contribution in [0.4, 0.5) is 0 Å². The first-order chi connectivity index (χ1) is 7.82. The van der Waals surface area contributed by atoms with Crippen molar-refractivity contribution in [3.8, 4) is 0 Å². The second kappa shape index (κ2) is 5.40. The minimum atomic E-state index is -2.25. The maximum absolute atomic E-state index is 11.3. The van der Waals surface area contributed by atoms with Gasteiger partial charge in [0.25, 0.3) is 0 Å². The van der Waals surface area contributed by atoms with Gasteiger partial charge in [0, 0.05) is 6.42 Å². The van der Waals surface area contributed by atoms with Crippen molar-refractivity contribution in [1.29, 1.82) is 0 Å². The number of aliphatic carboxylic acids is 2. The van der Waals surface area contributed by atoms with Crippen LogP contribution in [-0.4, -0.2) is 36.1 Å². The van der Waals surface area contributed by atoms with Gasteiger partial charge in [-0.25, -0.2) is 4.79 Å². The van der Waals surface area contributed by atoms with Crippen molar-refractivity contribution in [2.24, 2.45) is 0 Å². The lowest BCUT2D eigenvalue weighted by Crippen LogP contribution is -2.52. The first-order valence-corrected chi connectivity index (χ1v) is 8.88. The number of rotatable bonds is 6. The first-order valence-electron chi connectivity index (χ1n) is 5.97. The highest BCUT2D eigenvalue weighted by molar-refractivity contribution is 6.74. The van der Waals surface area contributed by atoms with E-state index >= 15 is 0 Å². The number of hydrogen-bond acceptors (Lipinski definition) is 3. The first kappa shape index (κ1) is 17.1. The SMILES string of the molecule is CC(C)(C)[Si](C)(C)O[C@](C)(CCC(=O)O)C(=O)O. The molecule has 0 rings (SSSR count). The molecule has 0 bridgehead atoms. The average Bonchev–Trinajstić information content (AvgIpc) is 2.12. The Morgan fingerprint density at radius 2 is 1.56 bits per heavy atom. The summed E-state index contributed by atoms with van der Waals surface area (Å²) in [7, 11) is -2.25. The molecule has 0 spiro atoms. The maximum Gasteiger partial charge on any atom is 0.334 e. The molecule has 0 heterocycles. The predicted molar refractivity (Wildman–Crippen MR) is 71.2 cm³/mol. The minimum Gasteiger partial charge on any atom is -0.481 e. The normalized spacial score (nSPS) is 16.1. The molecule has 0 unspecified atom stereocenters. The summed E-state index contributed by atoms with van der Waals surface area (Å²) in [5.74, 6) is -2.12. The lowest BCUT2D eigenvalue weighted by molar-refractivity contribution is -0.156. The van der Waals surface area contributed by atoms with Crippen LogP contribution in [0.2, 0.25) is 18.1 Å². The van der Waals surface area contributed by atoms with Crippen LogP contribution in [0.5, 0.6) is 0 Å². The van der Waals surface area contributed by atoms with Gasteiger partial charge in [-0.3, -0.25) is 4.79 Å². The molecule has 0 aliphatic carbocycles. The summed E-state index contributed by atoms with van der Waals surface area (Å²) in [4.78, 5) is 21.9. The summed E-state index contributed by atoms with van der Waals surface area (Å²) in [5, 5.41) is 17.8. The minimum absolute atomic E-state index is 0.0236. The van der Waals surface area contributed by atoms with E-state index in [0.29, 0.717) is 0 Å². The van der Waals surface area contributed by atoms with Crippen LogP contribution in [0, 0.1) is 0 Å². The average molecular weight is 276 g/mol. The van der Waals surface area contributed by atoms with Gasteiger partial charge in [-0.15, -0.1) is 0 Å². The van der Waals surface area contributed by atoms with Crippen molar-refractivity contribution < 1.29 is 24.2 Å². The zero-order chi connectivity index (χ0) is 14.8. The highest BCUT2D eigenvalue weighted by atomic mass is 28.4. The molecule has 0 aromatic heterocycles. The third kappa shape index (κ3) is 4.42. The van der Waals surface area contributed by atoms with Crippen LogP contribution in [-0.2, 0) is 14.0 Å². The summed E-state index contributed by atoms with van der Waals surface area (Å²) < 4.78 is 5.88. The molecule has 0 saturated carbocycles. The fraction of sp³-hybridized carbons (Fsp3) is 0.833. The van der Waals surface area contributed by atoms with Gasteiger partial charge in [-0.1, -0.05) is 20.8 Å². The van der Waals surface area contributed by atoms with E-state index in [2.05, 4.69) is 0 Å². The fourth-order valence-electron chi connectivity index (χ4n) is 1.26. The predicted octanol–water partition coefficient (Wildman–Crippen LogP) is 2.72. The van der Waals surface area contributed by atoms with E-state index in [1.165, 1.54) is 6.92 Å². The van der Waals surface area contributed by atoms with E-state index in [1.54, 1.807) is 0 Å². The van der Waals surface area contributed by atoms with E-state index in [1.807, 2.05) is 33.9 Å². The highest BCUT2D eigenvalue weighted by Crippen LogP contribution is 2.40. The van der Waals surface area contributed by atoms with Gasteiger partial charge >= 0.3 is 11.9 Å². The summed E-state index contributed by atoms with van der Waals surface area (Å²) in [6, 6.07) is 0. The lowest BCUT2D eigenvalue weighted by Gasteiger charge is -2.42. The Hall–Kier alpha value is -0.883. The van der Waals surface area contributed by atoms with Crippen molar-refractivity contribution in [3.63, 3.8) is 0 Å². The molecular weight excluding hydrogens is 252 g/mol. The Balaban J connectivity index is 5.04. The molecule has 5 nitrogen and oxygen atoms in total. The molecule has 0 radical (unpaired) electrons. The number of carboxylic acids is 2. The van der Waals surface area contributed by atoms with E-state index in [-0.39, 0.29) is 17.9 Å². The van der Waals surface area contributed by atoms with Crippen LogP contribution in [0.15, 0.2) is 0 Å². The lowest BCUT2D eigenvalue weighted by atomic mass is 10.0. The van der Waals surface area contributed by atoms with Crippen LogP contribution in [0.1, 0.15) is 40.5 Å². The van der Waals surface area contributed by atoms with Crippen molar-refractivity contribution in [3.05, 3.63) is 0 Å². The third-order valence-electron chi connectivity index (χ3n) is 3.55. The molecule has 6 heteroatoms. The maximum atomic E-state index is 11.3. The van der Waals surface area contributed by atoms with Crippen molar-refractivity contribution in [2.45, 2.75) is 64.3 Å². The fourth-order valence-corrected chi connectivity index (χ4v) is 2.89. The van der Waals surface area contributed by atoms with Crippen LogP contribution >= 0.6 is 0 Å². The zero-order valence-electron chi connectivity index (χ0n) is 12.0. The van der Waals surface area contributed by atoms with Crippen LogP contribution in [0.25, 0.3) is 0 Å². The molecule has 0 aromatic rings. The number of hydrogen-bond donors (Lipinski definition) is 2. The van der Waals surface area contributed by atoms with E-state index in [0.717, 1.165) is 0 Å². The molecule has 0 aliphatic heterocycles. The summed E-state index contributed by atoms with van der Waals surface area (Å²) in [6.45, 7) is 11.4. The van der Waals surface area contributed by atoms with Gasteiger partial charge in [-0.05, 0) is 31.5 Å². The van der Waals surface area contributed by atoms with Crippen LogP contribution in [0.3, 0.4) is 0 Å². The third-order valence-corrected chi connectivity index (χ3v) is 8.13. The molecule has 18 heavy (non-hydrogen) atoms. The highest BCUT2D eigenvalue weighted by Gasteiger charge is 2.46. The molecule has 0 aliphatic rings. The van der Waals surface area contributed by atoms with Gasteiger partial charge in [0.05, 0.1) is 0 Å². The zero-order valence-corrected chi connectivity index (χ0v) is 13.0. The van der Waals surface area contributed by atoms with Crippen molar-refractivity contribution >= 4 is 20.3 Å². The molecule has 1 atom stereocenters. The Morgan fingerprint density at radius 3 is 1.83 bits per heavy atom. The second-order valence-corrected chi connectivity index (χ2v) is 11.0. The number of carbonyl (C=O) groups is 2. The van der Waals surface area contributed by atoms with Crippen molar-refractivity contribution in [1.82, 2.24) is 0 Å². The Labute approximate surface area is 109 Å². The number of carboxylic acid groups (broad SMARTS) is 2. The Bertz CT molecular complexity index is 332.